The molecule has 4 nitrogen and oxygen atoms in total. The molecule has 1 aromatic carbocycles. The average molecular weight is 375 g/mol. The fourth-order valence-electron chi connectivity index (χ4n) is 1.81. The van der Waals surface area contributed by atoms with Crippen LogP contribution in [-0.4, -0.2) is 24.8 Å². The minimum atomic E-state index is -0.479. The van der Waals surface area contributed by atoms with E-state index < -0.39 is 11.7 Å². The van der Waals surface area contributed by atoms with Crippen LogP contribution in [0.5, 0.6) is 0 Å². The van der Waals surface area contributed by atoms with Gasteiger partial charge in [-0.1, -0.05) is 6.07 Å². The van der Waals surface area contributed by atoms with Crippen LogP contribution in [0.4, 0.5) is 9.18 Å². The van der Waals surface area contributed by atoms with Crippen molar-refractivity contribution >= 4 is 22.0 Å². The number of rotatable bonds is 6. The van der Waals surface area contributed by atoms with Crippen LogP contribution in [0, 0.1) is 5.82 Å². The molecule has 1 atom stereocenters. The summed E-state index contributed by atoms with van der Waals surface area (Å²) in [6, 6.07) is 5.09. The first-order valence-electron chi connectivity index (χ1n) is 7.34. The lowest BCUT2D eigenvalue weighted by molar-refractivity contribution is 0.0527. The summed E-state index contributed by atoms with van der Waals surface area (Å²) in [6.45, 7) is 8.79. The van der Waals surface area contributed by atoms with Gasteiger partial charge in [0, 0.05) is 12.6 Å². The van der Waals surface area contributed by atoms with Gasteiger partial charge in [-0.15, -0.1) is 0 Å². The summed E-state index contributed by atoms with van der Waals surface area (Å²) in [5, 5.41) is 6.04. The van der Waals surface area contributed by atoms with Gasteiger partial charge < -0.3 is 15.4 Å². The first-order valence-corrected chi connectivity index (χ1v) is 8.13. The lowest BCUT2D eigenvalue weighted by Gasteiger charge is -2.20. The highest BCUT2D eigenvalue weighted by Gasteiger charge is 2.15. The Morgan fingerprint density at radius 3 is 2.64 bits per heavy atom. The number of hydrogen-bond donors (Lipinski definition) is 2. The van der Waals surface area contributed by atoms with E-state index in [9.17, 15) is 9.18 Å². The standard InChI is InChI=1S/C16H24BrFN2O2/c1-11(12-6-7-14(18)13(17)10-12)19-8-5-9-20-15(21)22-16(2,3)4/h6-7,10-11,19H,5,8-9H2,1-4H3,(H,20,21). The third-order valence-electron chi connectivity index (χ3n) is 2.92. The molecular formula is C16H24BrFN2O2. The number of nitrogens with one attached hydrogen (secondary N) is 2. The first-order chi connectivity index (χ1) is 10.2. The molecule has 6 heteroatoms. The van der Waals surface area contributed by atoms with Crippen LogP contribution in [0.15, 0.2) is 22.7 Å². The largest absolute Gasteiger partial charge is 0.444 e. The van der Waals surface area contributed by atoms with Crippen molar-refractivity contribution < 1.29 is 13.9 Å². The topological polar surface area (TPSA) is 50.4 Å². The number of alkyl carbamates (subject to hydrolysis) is 1. The van der Waals surface area contributed by atoms with Gasteiger partial charge in [-0.2, -0.15) is 0 Å². The zero-order valence-corrected chi connectivity index (χ0v) is 15.1. The Hall–Kier alpha value is -1.14. The van der Waals surface area contributed by atoms with Crippen molar-refractivity contribution in [2.75, 3.05) is 13.1 Å². The van der Waals surface area contributed by atoms with Crippen molar-refractivity contribution in [2.45, 2.75) is 45.8 Å². The highest BCUT2D eigenvalue weighted by atomic mass is 79.9. The maximum absolute atomic E-state index is 13.2. The molecule has 0 fully saturated rings. The van der Waals surface area contributed by atoms with Crippen LogP contribution in [0.2, 0.25) is 0 Å². The van der Waals surface area contributed by atoms with E-state index in [4.69, 9.17) is 4.74 Å². The number of benzene rings is 1. The Morgan fingerprint density at radius 1 is 1.36 bits per heavy atom. The van der Waals surface area contributed by atoms with Gasteiger partial charge in [0.05, 0.1) is 4.47 Å². The molecule has 0 spiro atoms. The summed E-state index contributed by atoms with van der Waals surface area (Å²) < 4.78 is 18.8. The number of carbonyl (C=O) groups is 1. The number of carbonyl (C=O) groups excluding carboxylic acids is 1. The van der Waals surface area contributed by atoms with E-state index in [1.807, 2.05) is 27.7 Å². The predicted octanol–water partition coefficient (Wildman–Crippen LogP) is 4.15. The van der Waals surface area contributed by atoms with Crippen molar-refractivity contribution in [2.24, 2.45) is 0 Å². The molecule has 0 aliphatic heterocycles. The molecule has 1 rings (SSSR count). The Balaban J connectivity index is 2.24. The van der Waals surface area contributed by atoms with E-state index >= 15 is 0 Å². The minimum Gasteiger partial charge on any atom is -0.444 e. The van der Waals surface area contributed by atoms with Crippen LogP contribution in [-0.2, 0) is 4.74 Å². The second-order valence-corrected chi connectivity index (χ2v) is 6.99. The Labute approximate surface area is 139 Å². The number of ether oxygens (including phenoxy) is 1. The monoisotopic (exact) mass is 374 g/mol. The molecule has 1 aromatic rings. The summed E-state index contributed by atoms with van der Waals surface area (Å²) >= 11 is 3.18. The van der Waals surface area contributed by atoms with Gasteiger partial charge in [0.1, 0.15) is 11.4 Å². The van der Waals surface area contributed by atoms with Gasteiger partial charge in [0.15, 0.2) is 0 Å². The van der Waals surface area contributed by atoms with E-state index in [1.54, 1.807) is 12.1 Å². The Morgan fingerprint density at radius 2 is 2.05 bits per heavy atom. The summed E-state index contributed by atoms with van der Waals surface area (Å²) in [5.74, 6) is -0.266. The summed E-state index contributed by atoms with van der Waals surface area (Å²) in [6.07, 6.45) is 0.384. The molecule has 22 heavy (non-hydrogen) atoms. The van der Waals surface area contributed by atoms with Crippen molar-refractivity contribution in [3.8, 4) is 0 Å². The number of amides is 1. The van der Waals surface area contributed by atoms with Crippen LogP contribution < -0.4 is 10.6 Å². The molecule has 0 aromatic heterocycles. The summed E-state index contributed by atoms with van der Waals surface area (Å²) in [7, 11) is 0. The Bertz CT molecular complexity index is 503. The fourth-order valence-corrected chi connectivity index (χ4v) is 2.21. The molecule has 0 radical (unpaired) electrons. The van der Waals surface area contributed by atoms with Gasteiger partial charge in [0.25, 0.3) is 0 Å². The molecular weight excluding hydrogens is 351 g/mol. The maximum atomic E-state index is 13.2. The third-order valence-corrected chi connectivity index (χ3v) is 3.52. The molecule has 0 saturated heterocycles. The van der Waals surface area contributed by atoms with Gasteiger partial charge in [-0.05, 0) is 74.3 Å². The molecule has 0 bridgehead atoms. The molecule has 1 unspecified atom stereocenters. The predicted molar refractivity (Wildman–Crippen MR) is 89.4 cm³/mol. The van der Waals surface area contributed by atoms with Crippen LogP contribution >= 0.6 is 15.9 Å². The zero-order valence-electron chi connectivity index (χ0n) is 13.5. The highest BCUT2D eigenvalue weighted by molar-refractivity contribution is 9.10. The van der Waals surface area contributed by atoms with E-state index in [-0.39, 0.29) is 11.9 Å². The summed E-state index contributed by atoms with van der Waals surface area (Å²) in [4.78, 5) is 11.5. The SMILES string of the molecule is CC(NCCCNC(=O)OC(C)(C)C)c1ccc(F)c(Br)c1. The smallest absolute Gasteiger partial charge is 0.407 e. The van der Waals surface area contributed by atoms with Gasteiger partial charge >= 0.3 is 6.09 Å². The third kappa shape index (κ3) is 7.22. The lowest BCUT2D eigenvalue weighted by atomic mass is 10.1. The van der Waals surface area contributed by atoms with Crippen LogP contribution in [0.3, 0.4) is 0 Å². The molecule has 0 heterocycles. The molecule has 0 aliphatic rings. The quantitative estimate of drug-likeness (QED) is 0.735. The van der Waals surface area contributed by atoms with Gasteiger partial charge in [0.2, 0.25) is 0 Å². The molecule has 0 saturated carbocycles. The Kier molecular flexibility index (Phi) is 7.29. The van der Waals surface area contributed by atoms with E-state index in [1.165, 1.54) is 6.07 Å². The normalized spacial score (nSPS) is 12.8. The second kappa shape index (κ2) is 8.48. The summed E-state index contributed by atoms with van der Waals surface area (Å²) in [5.41, 5.74) is 0.528. The van der Waals surface area contributed by atoms with Crippen molar-refractivity contribution in [3.63, 3.8) is 0 Å². The van der Waals surface area contributed by atoms with Crippen molar-refractivity contribution in [1.29, 1.82) is 0 Å². The lowest BCUT2D eigenvalue weighted by Crippen LogP contribution is -2.34. The van der Waals surface area contributed by atoms with Gasteiger partial charge in [-0.3, -0.25) is 0 Å². The average Bonchev–Trinajstić information content (AvgIpc) is 2.39. The number of halogens is 2. The minimum absolute atomic E-state index is 0.110. The van der Waals surface area contributed by atoms with Crippen molar-refractivity contribution in [1.82, 2.24) is 10.6 Å². The first kappa shape index (κ1) is 18.9. The molecule has 1 amide bonds. The molecule has 124 valence electrons. The van der Waals surface area contributed by atoms with Crippen LogP contribution in [0.1, 0.15) is 45.7 Å². The van der Waals surface area contributed by atoms with Crippen LogP contribution in [0.25, 0.3) is 0 Å². The van der Waals surface area contributed by atoms with E-state index in [0.29, 0.717) is 11.0 Å². The van der Waals surface area contributed by atoms with Gasteiger partial charge in [-0.25, -0.2) is 9.18 Å². The number of hydrogen-bond acceptors (Lipinski definition) is 3. The van der Waals surface area contributed by atoms with E-state index in [0.717, 1.165) is 18.5 Å². The van der Waals surface area contributed by atoms with E-state index in [2.05, 4.69) is 26.6 Å². The maximum Gasteiger partial charge on any atom is 0.407 e. The van der Waals surface area contributed by atoms with Crippen molar-refractivity contribution in [3.05, 3.63) is 34.1 Å². The fraction of sp³-hybridized carbons (Fsp3) is 0.562. The zero-order chi connectivity index (χ0) is 16.8. The highest BCUT2D eigenvalue weighted by Crippen LogP contribution is 2.21. The molecule has 2 N–H and O–H groups in total. The second-order valence-electron chi connectivity index (χ2n) is 6.13. The molecule has 0 aliphatic carbocycles.